The van der Waals surface area contributed by atoms with Crippen LogP contribution in [-0.4, -0.2) is 67.5 Å². The zero-order valence-corrected chi connectivity index (χ0v) is 18.2. The Balaban J connectivity index is 1.69. The largest absolute Gasteiger partial charge is 0.444 e. The topological polar surface area (TPSA) is 117 Å². The molecule has 0 bridgehead atoms. The van der Waals surface area contributed by atoms with Crippen LogP contribution in [0.25, 0.3) is 16.9 Å². The highest BCUT2D eigenvalue weighted by Crippen LogP contribution is 2.30. The minimum absolute atomic E-state index is 0.0755. The summed E-state index contributed by atoms with van der Waals surface area (Å²) in [6.07, 6.45) is -7.09. The Labute approximate surface area is 190 Å². The standard InChI is InChI=1S/C24H27FN2O6/c1-13(2)14-5-9-17(10-6-14)27-18(15-3-7-16(25)8-4-15)11-20(26-27)33-24-23(31)22(30)21(29)19(12-28)32-24/h3-11,13,19,21-24,28-31H,12H2,1-2H3/t19-,21-,22+,23-,24+/m1/s1. The number of hydrogen-bond donors (Lipinski definition) is 4. The van der Waals surface area contributed by atoms with Gasteiger partial charge in [0.05, 0.1) is 18.0 Å². The molecule has 0 amide bonds. The first-order valence-electron chi connectivity index (χ1n) is 10.7. The van der Waals surface area contributed by atoms with Gasteiger partial charge in [0.15, 0.2) is 0 Å². The van der Waals surface area contributed by atoms with E-state index in [0.29, 0.717) is 17.2 Å². The highest BCUT2D eigenvalue weighted by molar-refractivity contribution is 5.63. The van der Waals surface area contributed by atoms with Gasteiger partial charge in [0, 0.05) is 11.6 Å². The van der Waals surface area contributed by atoms with Gasteiger partial charge < -0.3 is 29.9 Å². The predicted octanol–water partition coefficient (Wildman–Crippen LogP) is 1.98. The van der Waals surface area contributed by atoms with Crippen LogP contribution in [0, 0.1) is 5.82 Å². The van der Waals surface area contributed by atoms with E-state index < -0.39 is 37.3 Å². The van der Waals surface area contributed by atoms with Crippen molar-refractivity contribution in [2.45, 2.75) is 50.5 Å². The molecule has 33 heavy (non-hydrogen) atoms. The summed E-state index contributed by atoms with van der Waals surface area (Å²) in [4.78, 5) is 0. The zero-order chi connectivity index (χ0) is 23.7. The number of aliphatic hydroxyl groups is 4. The Bertz CT molecular complexity index is 1070. The fourth-order valence-electron chi connectivity index (χ4n) is 3.72. The molecule has 2 heterocycles. The van der Waals surface area contributed by atoms with Gasteiger partial charge >= 0.3 is 0 Å². The predicted molar refractivity (Wildman–Crippen MR) is 117 cm³/mol. The zero-order valence-electron chi connectivity index (χ0n) is 18.2. The molecule has 1 fully saturated rings. The van der Waals surface area contributed by atoms with E-state index in [2.05, 4.69) is 18.9 Å². The van der Waals surface area contributed by atoms with Gasteiger partial charge in [-0.15, -0.1) is 5.10 Å². The Kier molecular flexibility index (Phi) is 6.78. The maximum atomic E-state index is 13.5. The lowest BCUT2D eigenvalue weighted by Crippen LogP contribution is -2.60. The van der Waals surface area contributed by atoms with Gasteiger partial charge in [-0.05, 0) is 47.9 Å². The Morgan fingerprint density at radius 1 is 1.00 bits per heavy atom. The number of aromatic nitrogens is 2. The normalized spacial score (nSPS) is 25.4. The fourth-order valence-corrected chi connectivity index (χ4v) is 3.72. The number of halogens is 1. The molecule has 1 saturated heterocycles. The summed E-state index contributed by atoms with van der Waals surface area (Å²) in [5, 5.41) is 44.2. The first-order valence-corrected chi connectivity index (χ1v) is 10.7. The molecule has 4 N–H and O–H groups in total. The van der Waals surface area contributed by atoms with Crippen LogP contribution in [0.2, 0.25) is 0 Å². The van der Waals surface area contributed by atoms with Gasteiger partial charge in [-0.1, -0.05) is 26.0 Å². The van der Waals surface area contributed by atoms with Crippen molar-refractivity contribution in [3.05, 3.63) is 66.0 Å². The monoisotopic (exact) mass is 458 g/mol. The molecule has 1 aromatic heterocycles. The molecule has 9 heteroatoms. The van der Waals surface area contributed by atoms with Gasteiger partial charge in [0.1, 0.15) is 30.2 Å². The van der Waals surface area contributed by atoms with Gasteiger partial charge in [-0.2, -0.15) is 0 Å². The molecule has 3 aromatic rings. The van der Waals surface area contributed by atoms with Crippen molar-refractivity contribution >= 4 is 0 Å². The molecule has 0 saturated carbocycles. The molecular weight excluding hydrogens is 431 g/mol. The quantitative estimate of drug-likeness (QED) is 0.446. The highest BCUT2D eigenvalue weighted by Gasteiger charge is 2.45. The Morgan fingerprint density at radius 3 is 2.27 bits per heavy atom. The molecule has 0 radical (unpaired) electrons. The van der Waals surface area contributed by atoms with Crippen molar-refractivity contribution in [1.29, 1.82) is 0 Å². The van der Waals surface area contributed by atoms with E-state index in [1.807, 2.05) is 24.3 Å². The average Bonchev–Trinajstić information content (AvgIpc) is 3.23. The average molecular weight is 458 g/mol. The lowest BCUT2D eigenvalue weighted by molar-refractivity contribution is -0.278. The number of rotatable bonds is 6. The second-order valence-corrected chi connectivity index (χ2v) is 8.35. The number of aliphatic hydroxyl groups excluding tert-OH is 4. The Hall–Kier alpha value is -2.82. The minimum Gasteiger partial charge on any atom is -0.444 e. The van der Waals surface area contributed by atoms with Crippen LogP contribution in [-0.2, 0) is 4.74 Å². The van der Waals surface area contributed by atoms with Gasteiger partial charge in [0.2, 0.25) is 12.2 Å². The highest BCUT2D eigenvalue weighted by atomic mass is 19.1. The molecule has 1 aliphatic heterocycles. The summed E-state index contributed by atoms with van der Waals surface area (Å²) >= 11 is 0. The van der Waals surface area contributed by atoms with Crippen molar-refractivity contribution in [2.24, 2.45) is 0 Å². The molecule has 5 atom stereocenters. The Morgan fingerprint density at radius 2 is 1.67 bits per heavy atom. The summed E-state index contributed by atoms with van der Waals surface area (Å²) in [6.45, 7) is 3.63. The molecule has 0 aliphatic carbocycles. The molecule has 0 unspecified atom stereocenters. The number of hydrogen-bond acceptors (Lipinski definition) is 7. The van der Waals surface area contributed by atoms with E-state index in [-0.39, 0.29) is 11.7 Å². The summed E-state index contributed by atoms with van der Waals surface area (Å²) in [5.74, 6) is 0.0637. The van der Waals surface area contributed by atoms with Gasteiger partial charge in [-0.25, -0.2) is 9.07 Å². The molecule has 1 aliphatic rings. The van der Waals surface area contributed by atoms with Crippen LogP contribution in [0.1, 0.15) is 25.3 Å². The first kappa shape index (κ1) is 23.3. The SMILES string of the molecule is CC(C)c1ccc(-n2nc(O[C@@H]3O[C@H](CO)[C@@H](O)[C@H](O)[C@H]3O)cc2-c2ccc(F)cc2)cc1. The molecule has 176 valence electrons. The molecule has 4 rings (SSSR count). The van der Waals surface area contributed by atoms with Crippen LogP contribution < -0.4 is 4.74 Å². The van der Waals surface area contributed by atoms with Crippen LogP contribution in [0.5, 0.6) is 5.88 Å². The summed E-state index contributed by atoms with van der Waals surface area (Å²) < 4.78 is 26.2. The second-order valence-electron chi connectivity index (χ2n) is 8.35. The lowest BCUT2D eigenvalue weighted by atomic mass is 9.99. The van der Waals surface area contributed by atoms with Crippen molar-refractivity contribution in [2.75, 3.05) is 6.61 Å². The summed E-state index contributed by atoms with van der Waals surface area (Å²) in [5.41, 5.74) is 3.18. The van der Waals surface area contributed by atoms with Crippen molar-refractivity contribution < 1.29 is 34.3 Å². The van der Waals surface area contributed by atoms with Crippen LogP contribution in [0.3, 0.4) is 0 Å². The van der Waals surface area contributed by atoms with Crippen molar-refractivity contribution in [3.8, 4) is 22.8 Å². The number of benzene rings is 2. The molecular formula is C24H27FN2O6. The van der Waals surface area contributed by atoms with Gasteiger partial charge in [0.25, 0.3) is 0 Å². The van der Waals surface area contributed by atoms with E-state index in [9.17, 15) is 24.8 Å². The van der Waals surface area contributed by atoms with Crippen LogP contribution >= 0.6 is 0 Å². The number of ether oxygens (including phenoxy) is 2. The van der Waals surface area contributed by atoms with Crippen LogP contribution in [0.4, 0.5) is 4.39 Å². The third kappa shape index (κ3) is 4.78. The smallest absolute Gasteiger partial charge is 0.236 e. The minimum atomic E-state index is -1.57. The van der Waals surface area contributed by atoms with Crippen molar-refractivity contribution in [1.82, 2.24) is 9.78 Å². The maximum Gasteiger partial charge on any atom is 0.236 e. The first-order chi connectivity index (χ1) is 15.8. The third-order valence-corrected chi connectivity index (χ3v) is 5.72. The summed E-state index contributed by atoms with van der Waals surface area (Å²) in [6, 6.07) is 15.3. The van der Waals surface area contributed by atoms with E-state index >= 15 is 0 Å². The van der Waals surface area contributed by atoms with E-state index in [4.69, 9.17) is 9.47 Å². The molecule has 8 nitrogen and oxygen atoms in total. The molecule has 0 spiro atoms. The third-order valence-electron chi connectivity index (χ3n) is 5.72. The van der Waals surface area contributed by atoms with E-state index in [1.165, 1.54) is 12.1 Å². The fraction of sp³-hybridized carbons (Fsp3) is 0.375. The summed E-state index contributed by atoms with van der Waals surface area (Å²) in [7, 11) is 0. The van der Waals surface area contributed by atoms with Crippen molar-refractivity contribution in [3.63, 3.8) is 0 Å². The van der Waals surface area contributed by atoms with E-state index in [0.717, 1.165) is 11.3 Å². The second kappa shape index (κ2) is 9.58. The maximum absolute atomic E-state index is 13.5. The van der Waals surface area contributed by atoms with E-state index in [1.54, 1.807) is 22.9 Å². The van der Waals surface area contributed by atoms with Gasteiger partial charge in [-0.3, -0.25) is 0 Å². The molecule has 2 aromatic carbocycles. The number of nitrogens with zero attached hydrogens (tertiary/aromatic N) is 2. The lowest BCUT2D eigenvalue weighted by Gasteiger charge is -2.39. The van der Waals surface area contributed by atoms with Crippen LogP contribution in [0.15, 0.2) is 54.6 Å².